The molecule has 0 aliphatic heterocycles. The number of nitrogens with zero attached hydrogens (tertiary/aromatic N) is 2. The predicted octanol–water partition coefficient (Wildman–Crippen LogP) is 0.876. The fraction of sp³-hybridized carbons (Fsp3) is 0.600. The van der Waals surface area contributed by atoms with Crippen molar-refractivity contribution in [2.45, 2.75) is 32.2 Å². The first-order valence-electron chi connectivity index (χ1n) is 5.17. The number of hydrogen-bond donors (Lipinski definition) is 2. The summed E-state index contributed by atoms with van der Waals surface area (Å²) in [5.74, 6) is 0.501. The van der Waals surface area contributed by atoms with Gasteiger partial charge in [0.15, 0.2) is 5.82 Å². The molecule has 1 aromatic rings. The topological polar surface area (TPSA) is 72.9 Å². The Morgan fingerprint density at radius 1 is 1.73 bits per heavy atom. The fourth-order valence-corrected chi connectivity index (χ4v) is 1.39. The zero-order chi connectivity index (χ0) is 11.3. The highest BCUT2D eigenvalue weighted by Gasteiger charge is 2.09. The molecule has 1 atom stereocenters. The Morgan fingerprint density at radius 2 is 2.47 bits per heavy atom. The van der Waals surface area contributed by atoms with E-state index in [0.29, 0.717) is 12.2 Å². The first kappa shape index (κ1) is 11.7. The van der Waals surface area contributed by atoms with Gasteiger partial charge in [0.1, 0.15) is 0 Å². The molecule has 0 saturated heterocycles. The van der Waals surface area contributed by atoms with Crippen molar-refractivity contribution in [3.05, 3.63) is 12.3 Å². The Balaban J connectivity index is 2.36. The number of aryl methyl sites for hydroxylation is 1. The van der Waals surface area contributed by atoms with Crippen LogP contribution < -0.4 is 11.1 Å². The maximum atomic E-state index is 11.5. The quantitative estimate of drug-likeness (QED) is 0.757. The minimum absolute atomic E-state index is 0.0567. The predicted molar refractivity (Wildman–Crippen MR) is 59.3 cm³/mol. The highest BCUT2D eigenvalue weighted by atomic mass is 16.1. The van der Waals surface area contributed by atoms with E-state index in [2.05, 4.69) is 17.3 Å². The molecular weight excluding hydrogens is 192 g/mol. The molecule has 0 radical (unpaired) electrons. The molecule has 84 valence electrons. The van der Waals surface area contributed by atoms with E-state index >= 15 is 0 Å². The van der Waals surface area contributed by atoms with Gasteiger partial charge in [0, 0.05) is 31.8 Å². The maximum absolute atomic E-state index is 11.5. The zero-order valence-electron chi connectivity index (χ0n) is 9.23. The second-order valence-electron chi connectivity index (χ2n) is 3.68. The van der Waals surface area contributed by atoms with Crippen LogP contribution in [0.2, 0.25) is 0 Å². The normalized spacial score (nSPS) is 12.5. The number of amides is 1. The van der Waals surface area contributed by atoms with E-state index in [-0.39, 0.29) is 11.9 Å². The van der Waals surface area contributed by atoms with Gasteiger partial charge in [0.2, 0.25) is 5.91 Å². The van der Waals surface area contributed by atoms with Crippen molar-refractivity contribution in [1.29, 1.82) is 0 Å². The Kier molecular flexibility index (Phi) is 4.30. The first-order valence-corrected chi connectivity index (χ1v) is 5.17. The number of carbonyl (C=O) groups is 1. The molecule has 0 aliphatic rings. The summed E-state index contributed by atoms with van der Waals surface area (Å²) in [6.07, 6.45) is 4.00. The second-order valence-corrected chi connectivity index (χ2v) is 3.68. The molecule has 0 spiro atoms. The van der Waals surface area contributed by atoms with Gasteiger partial charge in [0.05, 0.1) is 0 Å². The standard InChI is InChI=1S/C10H18N4O/c1-3-4-8(11)7-10(15)12-9-5-6-14(2)13-9/h5-6,8H,3-4,7,11H2,1-2H3,(H,12,13,15). The molecule has 5 nitrogen and oxygen atoms in total. The van der Waals surface area contributed by atoms with Crippen LogP contribution in [0.25, 0.3) is 0 Å². The summed E-state index contributed by atoms with van der Waals surface area (Å²) in [4.78, 5) is 11.5. The Hall–Kier alpha value is -1.36. The van der Waals surface area contributed by atoms with Crippen LogP contribution in [0.4, 0.5) is 5.82 Å². The summed E-state index contributed by atoms with van der Waals surface area (Å²) in [5.41, 5.74) is 5.76. The van der Waals surface area contributed by atoms with Gasteiger partial charge >= 0.3 is 0 Å². The van der Waals surface area contributed by atoms with Crippen molar-refractivity contribution in [3.8, 4) is 0 Å². The Bertz CT molecular complexity index is 321. The van der Waals surface area contributed by atoms with Crippen molar-refractivity contribution >= 4 is 11.7 Å². The number of nitrogens with one attached hydrogen (secondary N) is 1. The lowest BCUT2D eigenvalue weighted by Gasteiger charge is -2.08. The van der Waals surface area contributed by atoms with Crippen LogP contribution in [0.3, 0.4) is 0 Å². The molecule has 15 heavy (non-hydrogen) atoms. The molecule has 1 unspecified atom stereocenters. The smallest absolute Gasteiger partial charge is 0.227 e. The minimum Gasteiger partial charge on any atom is -0.327 e. The van der Waals surface area contributed by atoms with Crippen LogP contribution in [0.5, 0.6) is 0 Å². The highest BCUT2D eigenvalue weighted by molar-refractivity contribution is 5.90. The fourth-order valence-electron chi connectivity index (χ4n) is 1.39. The molecule has 0 aliphatic carbocycles. The number of hydrogen-bond acceptors (Lipinski definition) is 3. The van der Waals surface area contributed by atoms with Crippen molar-refractivity contribution in [3.63, 3.8) is 0 Å². The molecule has 1 amide bonds. The van der Waals surface area contributed by atoms with Crippen LogP contribution in [0, 0.1) is 0 Å². The summed E-state index contributed by atoms with van der Waals surface area (Å²) < 4.78 is 1.64. The average Bonchev–Trinajstić information content (AvgIpc) is 2.51. The highest BCUT2D eigenvalue weighted by Crippen LogP contribution is 2.04. The molecule has 5 heteroatoms. The van der Waals surface area contributed by atoms with Gasteiger partial charge in [-0.3, -0.25) is 9.48 Å². The molecule has 0 fully saturated rings. The third kappa shape index (κ3) is 4.12. The van der Waals surface area contributed by atoms with Gasteiger partial charge in [-0.2, -0.15) is 5.10 Å². The van der Waals surface area contributed by atoms with E-state index in [1.807, 2.05) is 0 Å². The molecule has 3 N–H and O–H groups in total. The van der Waals surface area contributed by atoms with E-state index < -0.39 is 0 Å². The zero-order valence-corrected chi connectivity index (χ0v) is 9.23. The second kappa shape index (κ2) is 5.50. The Labute approximate surface area is 89.6 Å². The van der Waals surface area contributed by atoms with Crippen molar-refractivity contribution in [2.24, 2.45) is 12.8 Å². The minimum atomic E-state index is -0.0744. The summed E-state index contributed by atoms with van der Waals surface area (Å²) in [7, 11) is 1.80. The summed E-state index contributed by atoms with van der Waals surface area (Å²) >= 11 is 0. The van der Waals surface area contributed by atoms with Crippen LogP contribution in [-0.2, 0) is 11.8 Å². The lowest BCUT2D eigenvalue weighted by atomic mass is 10.1. The number of rotatable bonds is 5. The van der Waals surface area contributed by atoms with Gasteiger partial charge in [0.25, 0.3) is 0 Å². The largest absolute Gasteiger partial charge is 0.327 e. The number of aromatic nitrogens is 2. The Morgan fingerprint density at radius 3 is 3.00 bits per heavy atom. The van der Waals surface area contributed by atoms with Gasteiger partial charge < -0.3 is 11.1 Å². The van der Waals surface area contributed by atoms with Crippen molar-refractivity contribution < 1.29 is 4.79 Å². The van der Waals surface area contributed by atoms with Gasteiger partial charge in [-0.25, -0.2) is 0 Å². The first-order chi connectivity index (χ1) is 7.11. The van der Waals surface area contributed by atoms with Gasteiger partial charge in [-0.1, -0.05) is 13.3 Å². The summed E-state index contributed by atoms with van der Waals surface area (Å²) in [6, 6.07) is 1.70. The molecule has 1 aromatic heterocycles. The van der Waals surface area contributed by atoms with Crippen molar-refractivity contribution in [2.75, 3.05) is 5.32 Å². The lowest BCUT2D eigenvalue weighted by molar-refractivity contribution is -0.116. The van der Waals surface area contributed by atoms with Gasteiger partial charge in [-0.05, 0) is 6.42 Å². The molecule has 1 heterocycles. The van der Waals surface area contributed by atoms with Crippen molar-refractivity contribution in [1.82, 2.24) is 9.78 Å². The monoisotopic (exact) mass is 210 g/mol. The van der Waals surface area contributed by atoms with E-state index in [1.54, 1.807) is 24.0 Å². The van der Waals surface area contributed by atoms with Crippen LogP contribution >= 0.6 is 0 Å². The third-order valence-electron chi connectivity index (χ3n) is 2.09. The summed E-state index contributed by atoms with van der Waals surface area (Å²) in [6.45, 7) is 2.05. The maximum Gasteiger partial charge on any atom is 0.227 e. The molecule has 1 rings (SSSR count). The third-order valence-corrected chi connectivity index (χ3v) is 2.09. The number of anilines is 1. The van der Waals surface area contributed by atoms with Gasteiger partial charge in [-0.15, -0.1) is 0 Å². The van der Waals surface area contributed by atoms with Crippen LogP contribution in [0.1, 0.15) is 26.2 Å². The van der Waals surface area contributed by atoms with E-state index in [0.717, 1.165) is 12.8 Å². The van der Waals surface area contributed by atoms with Crippen LogP contribution in [-0.4, -0.2) is 21.7 Å². The average molecular weight is 210 g/mol. The molecule has 0 saturated carbocycles. The summed E-state index contributed by atoms with van der Waals surface area (Å²) in [5, 5.41) is 6.75. The molecule has 0 aromatic carbocycles. The molecular formula is C10H18N4O. The lowest BCUT2D eigenvalue weighted by Crippen LogP contribution is -2.27. The van der Waals surface area contributed by atoms with Crippen LogP contribution in [0.15, 0.2) is 12.3 Å². The number of nitrogens with two attached hydrogens (primary N) is 1. The number of carbonyl (C=O) groups excluding carboxylic acids is 1. The van der Waals surface area contributed by atoms with E-state index in [9.17, 15) is 4.79 Å². The molecule has 0 bridgehead atoms. The van der Waals surface area contributed by atoms with E-state index in [4.69, 9.17) is 5.73 Å². The van der Waals surface area contributed by atoms with E-state index in [1.165, 1.54) is 0 Å². The SMILES string of the molecule is CCCC(N)CC(=O)Nc1ccn(C)n1.